The van der Waals surface area contributed by atoms with E-state index in [9.17, 15) is 34.5 Å². The van der Waals surface area contributed by atoms with Crippen molar-refractivity contribution in [3.05, 3.63) is 48.6 Å². The number of rotatable bonds is 25. The average molecular weight is 687 g/mol. The van der Waals surface area contributed by atoms with Gasteiger partial charge in [-0.05, 0) is 63.9 Å². The van der Waals surface area contributed by atoms with E-state index < -0.39 is 30.4 Å². The molecule has 2 aliphatic carbocycles. The number of carbonyl (C=O) groups is 4. The van der Waals surface area contributed by atoms with Crippen molar-refractivity contribution in [1.29, 1.82) is 0 Å². The lowest BCUT2D eigenvalue weighted by molar-refractivity contribution is -0.147. The van der Waals surface area contributed by atoms with Crippen molar-refractivity contribution in [2.75, 3.05) is 0 Å². The van der Waals surface area contributed by atoms with E-state index in [0.717, 1.165) is 38.5 Å². The van der Waals surface area contributed by atoms with E-state index in [1.54, 1.807) is 6.08 Å². The number of esters is 1. The van der Waals surface area contributed by atoms with Crippen molar-refractivity contribution >= 4 is 23.5 Å². The second-order valence-corrected chi connectivity index (χ2v) is 13.8. The van der Waals surface area contributed by atoms with Gasteiger partial charge in [0.05, 0.1) is 18.3 Å². The molecule has 0 radical (unpaired) electrons. The molecule has 4 N–H and O–H groups in total. The predicted octanol–water partition coefficient (Wildman–Crippen LogP) is 6.98. The van der Waals surface area contributed by atoms with Crippen LogP contribution in [0.2, 0.25) is 0 Å². The molecule has 49 heavy (non-hydrogen) atoms. The third-order valence-electron chi connectivity index (χ3n) is 9.67. The van der Waals surface area contributed by atoms with Crippen molar-refractivity contribution in [3.63, 3.8) is 0 Å². The minimum Gasteiger partial charge on any atom is -0.481 e. The highest BCUT2D eigenvalue weighted by Crippen LogP contribution is 2.35. The lowest BCUT2D eigenvalue weighted by Gasteiger charge is -2.19. The highest BCUT2D eigenvalue weighted by Gasteiger charge is 2.40. The number of hydrogen-bond acceptors (Lipinski definition) is 8. The lowest BCUT2D eigenvalue weighted by atomic mass is 9.90. The Kier molecular flexibility index (Phi) is 21.0. The molecule has 0 aromatic carbocycles. The molecule has 0 heterocycles. The monoisotopic (exact) mass is 686 g/mol. The fourth-order valence-corrected chi connectivity index (χ4v) is 6.74. The summed E-state index contributed by atoms with van der Waals surface area (Å²) in [7, 11) is 0. The van der Waals surface area contributed by atoms with E-state index >= 15 is 0 Å². The van der Waals surface area contributed by atoms with E-state index in [2.05, 4.69) is 13.8 Å². The summed E-state index contributed by atoms with van der Waals surface area (Å²) in [5.41, 5.74) is 0. The summed E-state index contributed by atoms with van der Waals surface area (Å²) < 4.78 is 5.82. The Morgan fingerprint density at radius 2 is 1.24 bits per heavy atom. The molecule has 2 aliphatic rings. The van der Waals surface area contributed by atoms with Crippen molar-refractivity contribution in [2.45, 2.75) is 154 Å². The second kappa shape index (κ2) is 24.3. The third kappa shape index (κ3) is 16.6. The van der Waals surface area contributed by atoms with Crippen LogP contribution in [0.5, 0.6) is 0 Å². The van der Waals surface area contributed by atoms with Crippen LogP contribution in [0.15, 0.2) is 48.6 Å². The quantitative estimate of drug-likeness (QED) is 0.0452. The molecule has 0 spiro atoms. The maximum absolute atomic E-state index is 12.8. The molecular formula is C40H62O9. The number of aliphatic hydroxyl groups is 3. The third-order valence-corrected chi connectivity index (χ3v) is 9.67. The lowest BCUT2D eigenvalue weighted by Crippen LogP contribution is -2.20. The molecule has 0 bridgehead atoms. The number of aliphatic carboxylic acids is 1. The summed E-state index contributed by atoms with van der Waals surface area (Å²) in [6, 6.07) is 0. The highest BCUT2D eigenvalue weighted by atomic mass is 16.5. The number of carboxylic acid groups (broad SMARTS) is 1. The first-order valence-electron chi connectivity index (χ1n) is 18.7. The predicted molar refractivity (Wildman–Crippen MR) is 191 cm³/mol. The van der Waals surface area contributed by atoms with Gasteiger partial charge in [-0.3, -0.25) is 19.2 Å². The van der Waals surface area contributed by atoms with E-state index in [4.69, 9.17) is 9.84 Å². The summed E-state index contributed by atoms with van der Waals surface area (Å²) in [5.74, 6) is -2.46. The number of carbonyl (C=O) groups excluding carboxylic acids is 3. The van der Waals surface area contributed by atoms with Gasteiger partial charge in [-0.15, -0.1) is 0 Å². The molecule has 2 rings (SSSR count). The first-order chi connectivity index (χ1) is 23.6. The number of unbranched alkanes of at least 4 members (excludes halogenated alkanes) is 6. The maximum Gasteiger partial charge on any atom is 0.306 e. The molecule has 9 nitrogen and oxygen atoms in total. The Morgan fingerprint density at radius 3 is 1.78 bits per heavy atom. The first-order valence-corrected chi connectivity index (χ1v) is 18.7. The zero-order valence-corrected chi connectivity index (χ0v) is 29.8. The molecule has 0 aromatic heterocycles. The standard InChI is InChI=1S/C40H62O9/c1-3-5-11-17-29(41)23-25-33-31(35(42)27-37(33)44)19-14-8-10-16-22-40(48)49-30(18-12-6-4-2)24-26-34-32(36(43)28-38(34)45)20-13-7-9-15-21-39(46)47/h7-8,13-14,23-26,29-34,37-38,41,44-45H,3-6,9-12,15-22,27-28H2,1-2H3,(H,46,47)/b13-7?,14-8?,25-23+,26-24?/t29?,30-,31?,32+,33?,34+,37?,38+/m0/s1. The molecule has 0 aromatic rings. The molecule has 0 saturated heterocycles. The Labute approximate surface area is 293 Å². The van der Waals surface area contributed by atoms with E-state index in [1.165, 1.54) is 0 Å². The fourth-order valence-electron chi connectivity index (χ4n) is 6.74. The first kappa shape index (κ1) is 42.3. The number of aliphatic hydroxyl groups excluding tert-OH is 3. The van der Waals surface area contributed by atoms with Crippen LogP contribution in [0, 0.1) is 23.7 Å². The van der Waals surface area contributed by atoms with Gasteiger partial charge in [0.15, 0.2) is 0 Å². The molecule has 2 saturated carbocycles. The van der Waals surface area contributed by atoms with Gasteiger partial charge in [0.25, 0.3) is 0 Å². The summed E-state index contributed by atoms with van der Waals surface area (Å²) in [4.78, 5) is 48.6. The normalized spacial score (nSPS) is 25.8. The number of ketones is 2. The van der Waals surface area contributed by atoms with Crippen molar-refractivity contribution in [1.82, 2.24) is 0 Å². The van der Waals surface area contributed by atoms with Crippen molar-refractivity contribution < 1.29 is 44.3 Å². The number of carboxylic acids is 1. The highest BCUT2D eigenvalue weighted by molar-refractivity contribution is 5.85. The van der Waals surface area contributed by atoms with Gasteiger partial charge < -0.3 is 25.2 Å². The van der Waals surface area contributed by atoms with Crippen LogP contribution in [0.1, 0.15) is 129 Å². The van der Waals surface area contributed by atoms with E-state index in [0.29, 0.717) is 51.4 Å². The fraction of sp³-hybridized carbons (Fsp3) is 0.700. The van der Waals surface area contributed by atoms with Gasteiger partial charge >= 0.3 is 11.9 Å². The summed E-state index contributed by atoms with van der Waals surface area (Å²) in [5, 5.41) is 40.0. The molecule has 0 aliphatic heterocycles. The minimum atomic E-state index is -0.831. The van der Waals surface area contributed by atoms with Crippen molar-refractivity contribution in [3.8, 4) is 0 Å². The van der Waals surface area contributed by atoms with Crippen LogP contribution >= 0.6 is 0 Å². The molecule has 8 atom stereocenters. The maximum atomic E-state index is 12.8. The van der Waals surface area contributed by atoms with Gasteiger partial charge in [0.2, 0.25) is 0 Å². The van der Waals surface area contributed by atoms with Gasteiger partial charge in [0.1, 0.15) is 17.7 Å². The molecular weight excluding hydrogens is 624 g/mol. The number of hydrogen-bond donors (Lipinski definition) is 4. The van der Waals surface area contributed by atoms with Crippen LogP contribution in [0.3, 0.4) is 0 Å². The largest absolute Gasteiger partial charge is 0.481 e. The molecule has 9 heteroatoms. The zero-order valence-electron chi connectivity index (χ0n) is 29.8. The van der Waals surface area contributed by atoms with Gasteiger partial charge in [-0.25, -0.2) is 0 Å². The number of Topliss-reactive ketones (excluding diaryl/α,β-unsaturated/α-hetero) is 2. The molecule has 2 fully saturated rings. The molecule has 4 unspecified atom stereocenters. The number of ether oxygens (including phenoxy) is 1. The van der Waals surface area contributed by atoms with E-state index in [1.807, 2.05) is 42.5 Å². The average Bonchev–Trinajstić information content (AvgIpc) is 3.48. The Hall–Kier alpha value is -2.88. The molecule has 0 amide bonds. The topological polar surface area (TPSA) is 158 Å². The summed E-state index contributed by atoms with van der Waals surface area (Å²) in [6.45, 7) is 4.22. The number of allylic oxidation sites excluding steroid dienone is 4. The van der Waals surface area contributed by atoms with Crippen LogP contribution in [0.4, 0.5) is 0 Å². The van der Waals surface area contributed by atoms with Gasteiger partial charge in [-0.2, -0.15) is 0 Å². The summed E-state index contributed by atoms with van der Waals surface area (Å²) in [6.07, 6.45) is 23.6. The zero-order chi connectivity index (χ0) is 36.0. The Morgan fingerprint density at radius 1 is 0.735 bits per heavy atom. The Balaban J connectivity index is 1.85. The van der Waals surface area contributed by atoms with Crippen LogP contribution in [-0.2, 0) is 23.9 Å². The van der Waals surface area contributed by atoms with Gasteiger partial charge in [0, 0.05) is 49.4 Å². The summed E-state index contributed by atoms with van der Waals surface area (Å²) >= 11 is 0. The minimum absolute atomic E-state index is 0.00184. The molecule has 276 valence electrons. The van der Waals surface area contributed by atoms with Crippen LogP contribution < -0.4 is 0 Å². The van der Waals surface area contributed by atoms with Gasteiger partial charge in [-0.1, -0.05) is 88.5 Å². The Bertz CT molecular complexity index is 1120. The van der Waals surface area contributed by atoms with Crippen molar-refractivity contribution in [2.24, 2.45) is 23.7 Å². The van der Waals surface area contributed by atoms with Crippen LogP contribution in [0.25, 0.3) is 0 Å². The van der Waals surface area contributed by atoms with Crippen LogP contribution in [-0.4, -0.2) is 68.3 Å². The second-order valence-electron chi connectivity index (χ2n) is 13.8. The van der Waals surface area contributed by atoms with E-state index in [-0.39, 0.29) is 66.9 Å². The SMILES string of the molecule is CCCCCC(O)/C=C/C1C(O)CC(=O)C1CC=CCCCC(=O)O[C@H](C=C[C@H]1[C@H](O)CC(=O)[C@@H]1CC=CCCCC(=O)O)CCCCC. The smallest absolute Gasteiger partial charge is 0.306 e.